The maximum absolute atomic E-state index is 13.2. The van der Waals surface area contributed by atoms with E-state index in [4.69, 9.17) is 9.47 Å². The molecule has 5 rings (SSSR count). The predicted molar refractivity (Wildman–Crippen MR) is 112 cm³/mol. The zero-order valence-electron chi connectivity index (χ0n) is 17.2. The zero-order chi connectivity index (χ0) is 21.6. The summed E-state index contributed by atoms with van der Waals surface area (Å²) in [6.45, 7) is 1.29. The monoisotopic (exact) mass is 444 g/mol. The molecule has 2 aliphatic heterocycles. The Morgan fingerprint density at radius 2 is 1.97 bits per heavy atom. The van der Waals surface area contributed by atoms with Crippen molar-refractivity contribution in [2.45, 2.75) is 35.7 Å². The summed E-state index contributed by atoms with van der Waals surface area (Å²) in [5, 5.41) is 9.20. The highest BCUT2D eigenvalue weighted by atomic mass is 32.2. The normalized spacial score (nSPS) is 26.0. The van der Waals surface area contributed by atoms with Crippen molar-refractivity contribution >= 4 is 20.9 Å². The van der Waals surface area contributed by atoms with Gasteiger partial charge in [0.2, 0.25) is 10.0 Å². The molecule has 31 heavy (non-hydrogen) atoms. The van der Waals surface area contributed by atoms with Crippen LogP contribution in [0.5, 0.6) is 0 Å². The lowest BCUT2D eigenvalue weighted by atomic mass is 10.1. The highest BCUT2D eigenvalue weighted by Gasteiger charge is 2.50. The van der Waals surface area contributed by atoms with Crippen LogP contribution in [0.2, 0.25) is 0 Å². The molecule has 0 unspecified atom stereocenters. The maximum atomic E-state index is 13.2. The molecule has 1 aromatic carbocycles. The summed E-state index contributed by atoms with van der Waals surface area (Å²) >= 11 is 0. The molecule has 4 atom stereocenters. The van der Waals surface area contributed by atoms with Crippen LogP contribution in [0.25, 0.3) is 10.9 Å². The average Bonchev–Trinajstić information content (AvgIpc) is 3.45. The third-order valence-electron chi connectivity index (χ3n) is 5.59. The topological polar surface area (TPSA) is 111 Å². The number of rotatable bonds is 6. The van der Waals surface area contributed by atoms with Gasteiger partial charge >= 0.3 is 0 Å². The first-order valence-corrected chi connectivity index (χ1v) is 11.6. The van der Waals surface area contributed by atoms with Crippen molar-refractivity contribution in [3.63, 3.8) is 0 Å². The van der Waals surface area contributed by atoms with Crippen molar-refractivity contribution < 1.29 is 17.9 Å². The van der Waals surface area contributed by atoms with Gasteiger partial charge in [-0.15, -0.1) is 5.10 Å². The van der Waals surface area contributed by atoms with Gasteiger partial charge in [0.15, 0.2) is 0 Å². The number of nitrogens with zero attached hydrogens (tertiary/aromatic N) is 5. The van der Waals surface area contributed by atoms with Gasteiger partial charge < -0.3 is 14.4 Å². The van der Waals surface area contributed by atoms with Crippen molar-refractivity contribution in [2.24, 2.45) is 0 Å². The minimum absolute atomic E-state index is 0.146. The van der Waals surface area contributed by atoms with Crippen LogP contribution in [0.4, 0.5) is 0 Å². The van der Waals surface area contributed by atoms with E-state index in [1.807, 2.05) is 37.3 Å². The second-order valence-electron chi connectivity index (χ2n) is 8.15. The van der Waals surface area contributed by atoms with E-state index >= 15 is 0 Å². The van der Waals surface area contributed by atoms with Gasteiger partial charge in [-0.3, -0.25) is 4.98 Å². The molecule has 164 valence electrons. The van der Waals surface area contributed by atoms with Gasteiger partial charge in [-0.25, -0.2) is 17.8 Å². The quantitative estimate of drug-likeness (QED) is 0.588. The molecule has 0 amide bonds. The van der Waals surface area contributed by atoms with E-state index in [-0.39, 0.29) is 23.6 Å². The molecule has 0 spiro atoms. The molecule has 11 heteroatoms. The Balaban J connectivity index is 1.34. The van der Waals surface area contributed by atoms with Crippen LogP contribution in [0, 0.1) is 0 Å². The van der Waals surface area contributed by atoms with Crippen molar-refractivity contribution in [1.29, 1.82) is 0 Å². The predicted octanol–water partition coefficient (Wildman–Crippen LogP) is 0.574. The summed E-state index contributed by atoms with van der Waals surface area (Å²) in [7, 11) is 0.123. The van der Waals surface area contributed by atoms with Crippen molar-refractivity contribution in [2.75, 3.05) is 27.3 Å². The first kappa shape index (κ1) is 20.5. The molecular weight excluding hydrogens is 420 g/mol. The molecule has 4 heterocycles. The molecule has 0 aliphatic carbocycles. The van der Waals surface area contributed by atoms with E-state index in [9.17, 15) is 8.42 Å². The minimum Gasteiger partial charge on any atom is -0.371 e. The number of hydrogen-bond donors (Lipinski definition) is 1. The zero-order valence-corrected chi connectivity index (χ0v) is 18.1. The van der Waals surface area contributed by atoms with Gasteiger partial charge in [0.1, 0.15) is 23.1 Å². The SMILES string of the molecule is CN(C)Cc1cn([C@H]2CO[C@H]3[C@@H]2OC[C@@H]3NS(=O)(=O)c2cccc3cccnc23)nn1. The maximum Gasteiger partial charge on any atom is 0.243 e. The van der Waals surface area contributed by atoms with Crippen molar-refractivity contribution in [1.82, 2.24) is 29.6 Å². The van der Waals surface area contributed by atoms with E-state index in [0.717, 1.165) is 11.1 Å². The highest BCUT2D eigenvalue weighted by molar-refractivity contribution is 7.89. The van der Waals surface area contributed by atoms with Gasteiger partial charge in [0.05, 0.1) is 36.7 Å². The second kappa shape index (κ2) is 7.92. The van der Waals surface area contributed by atoms with E-state index in [0.29, 0.717) is 18.7 Å². The minimum atomic E-state index is -3.81. The molecular formula is C20H24N6O4S. The Labute approximate surface area is 180 Å². The fourth-order valence-corrected chi connectivity index (χ4v) is 5.65. The van der Waals surface area contributed by atoms with E-state index in [1.54, 1.807) is 29.1 Å². The van der Waals surface area contributed by atoms with Crippen LogP contribution in [0.3, 0.4) is 0 Å². The van der Waals surface area contributed by atoms with Crippen LogP contribution >= 0.6 is 0 Å². The van der Waals surface area contributed by atoms with Crippen molar-refractivity contribution in [3.05, 3.63) is 48.4 Å². The first-order chi connectivity index (χ1) is 14.9. The Morgan fingerprint density at radius 1 is 1.16 bits per heavy atom. The summed E-state index contributed by atoms with van der Waals surface area (Å²) in [5.41, 5.74) is 1.29. The smallest absolute Gasteiger partial charge is 0.243 e. The van der Waals surface area contributed by atoms with Gasteiger partial charge in [0.25, 0.3) is 0 Å². The van der Waals surface area contributed by atoms with Gasteiger partial charge in [-0.05, 0) is 26.2 Å². The summed E-state index contributed by atoms with van der Waals surface area (Å²) in [6.07, 6.45) is 2.78. The number of ether oxygens (including phenoxy) is 2. The summed E-state index contributed by atoms with van der Waals surface area (Å²) in [5.74, 6) is 0. The molecule has 2 aliphatic rings. The molecule has 0 bridgehead atoms. The first-order valence-electron chi connectivity index (χ1n) is 10.1. The lowest BCUT2D eigenvalue weighted by Crippen LogP contribution is -2.44. The third kappa shape index (κ3) is 3.83. The molecule has 0 saturated carbocycles. The van der Waals surface area contributed by atoms with Crippen LogP contribution in [-0.4, -0.2) is 78.9 Å². The average molecular weight is 445 g/mol. The largest absolute Gasteiger partial charge is 0.371 e. The standard InChI is InChI=1S/C20H24N6O4S/c1-25(2)9-14-10-26(24-22-14)16-12-30-19-15(11-29-20(16)19)23-31(27,28)17-7-3-5-13-6-4-8-21-18(13)17/h3-8,10,15-16,19-20,23H,9,11-12H2,1-2H3/t15-,16-,19+,20+/m0/s1. The number of sulfonamides is 1. The van der Waals surface area contributed by atoms with Gasteiger partial charge in [-0.2, -0.15) is 0 Å². The van der Waals surface area contributed by atoms with Crippen LogP contribution in [0.15, 0.2) is 47.6 Å². The van der Waals surface area contributed by atoms with E-state index < -0.39 is 22.2 Å². The van der Waals surface area contributed by atoms with Crippen LogP contribution in [0.1, 0.15) is 11.7 Å². The molecule has 2 fully saturated rings. The number of pyridine rings is 1. The Morgan fingerprint density at radius 3 is 2.81 bits per heavy atom. The number of benzene rings is 1. The second-order valence-corrected chi connectivity index (χ2v) is 9.83. The summed E-state index contributed by atoms with van der Waals surface area (Å²) in [4.78, 5) is 6.42. The lowest BCUT2D eigenvalue weighted by molar-refractivity contribution is 0.0624. The fourth-order valence-electron chi connectivity index (χ4n) is 4.23. The molecule has 0 radical (unpaired) electrons. The third-order valence-corrected chi connectivity index (χ3v) is 7.12. The fraction of sp³-hybridized carbons (Fsp3) is 0.450. The highest BCUT2D eigenvalue weighted by Crippen LogP contribution is 2.34. The van der Waals surface area contributed by atoms with Crippen LogP contribution in [-0.2, 0) is 26.0 Å². The molecule has 2 saturated heterocycles. The summed E-state index contributed by atoms with van der Waals surface area (Å²) < 4.78 is 42.7. The molecule has 3 aromatic rings. The lowest BCUT2D eigenvalue weighted by Gasteiger charge is -2.18. The molecule has 1 N–H and O–H groups in total. The van der Waals surface area contributed by atoms with Gasteiger partial charge in [-0.1, -0.05) is 23.4 Å². The molecule has 10 nitrogen and oxygen atoms in total. The number of para-hydroxylation sites is 1. The number of hydrogen-bond acceptors (Lipinski definition) is 8. The molecule has 2 aromatic heterocycles. The number of fused-ring (bicyclic) bond motifs is 2. The Hall–Kier alpha value is -2.44. The number of aromatic nitrogens is 4. The Bertz CT molecular complexity index is 1190. The van der Waals surface area contributed by atoms with Crippen LogP contribution < -0.4 is 4.72 Å². The van der Waals surface area contributed by atoms with Crippen molar-refractivity contribution in [3.8, 4) is 0 Å². The Kier molecular flexibility index (Phi) is 5.22. The summed E-state index contributed by atoms with van der Waals surface area (Å²) in [6, 6.07) is 8.08. The number of nitrogens with one attached hydrogen (secondary N) is 1. The van der Waals surface area contributed by atoms with Gasteiger partial charge in [0, 0.05) is 18.1 Å². The van der Waals surface area contributed by atoms with E-state index in [2.05, 4.69) is 20.0 Å². The van der Waals surface area contributed by atoms with E-state index in [1.165, 1.54) is 0 Å².